The van der Waals surface area contributed by atoms with E-state index in [1.807, 2.05) is 6.07 Å². The van der Waals surface area contributed by atoms with E-state index in [0.717, 1.165) is 5.56 Å². The van der Waals surface area contributed by atoms with Gasteiger partial charge in [0.15, 0.2) is 0 Å². The van der Waals surface area contributed by atoms with Gasteiger partial charge in [0.1, 0.15) is 5.82 Å². The fourth-order valence-electron chi connectivity index (χ4n) is 1.89. The monoisotopic (exact) mass is 321 g/mol. The molecule has 1 nitrogen and oxygen atoms in total. The molecule has 100 valence electrons. The number of benzene rings is 2. The first kappa shape index (κ1) is 14.2. The molecule has 0 bridgehead atoms. The van der Waals surface area contributed by atoms with Gasteiger partial charge in [0.2, 0.25) is 0 Å². The Labute approximate surface area is 122 Å². The van der Waals surface area contributed by atoms with Crippen LogP contribution in [-0.4, -0.2) is 0 Å². The van der Waals surface area contributed by atoms with E-state index in [1.54, 1.807) is 6.07 Å². The summed E-state index contributed by atoms with van der Waals surface area (Å²) in [6, 6.07) is 13.9. The van der Waals surface area contributed by atoms with Gasteiger partial charge < -0.3 is 5.32 Å². The van der Waals surface area contributed by atoms with Crippen molar-refractivity contribution in [2.24, 2.45) is 0 Å². The fraction of sp³-hybridized carbons (Fsp3) is 0.250. The number of aryl methyl sites for hydroxylation is 1. The maximum absolute atomic E-state index is 13.1. The summed E-state index contributed by atoms with van der Waals surface area (Å²) in [7, 11) is 0. The Hall–Kier alpha value is -1.19. The van der Waals surface area contributed by atoms with E-state index >= 15 is 0 Å². The van der Waals surface area contributed by atoms with Crippen molar-refractivity contribution in [1.29, 1.82) is 0 Å². The molecule has 0 amide bonds. The van der Waals surface area contributed by atoms with Crippen LogP contribution in [0.25, 0.3) is 0 Å². The summed E-state index contributed by atoms with van der Waals surface area (Å²) in [5.74, 6) is -0.227. The summed E-state index contributed by atoms with van der Waals surface area (Å²) >= 11 is 3.20. The van der Waals surface area contributed by atoms with E-state index in [0.29, 0.717) is 11.0 Å². The van der Waals surface area contributed by atoms with Gasteiger partial charge in [-0.1, -0.05) is 35.9 Å². The van der Waals surface area contributed by atoms with E-state index < -0.39 is 0 Å². The maximum atomic E-state index is 13.1. The van der Waals surface area contributed by atoms with E-state index in [9.17, 15) is 4.39 Å². The standard InChI is InChI=1S/C16H17BrFN/c1-11-3-6-14(7-4-11)12(2)19-10-13-5-8-16(18)15(17)9-13/h3-9,12,19H,10H2,1-2H3/t12-/m1/s1. The van der Waals surface area contributed by atoms with Crippen molar-refractivity contribution in [3.8, 4) is 0 Å². The zero-order valence-electron chi connectivity index (χ0n) is 11.1. The van der Waals surface area contributed by atoms with Gasteiger partial charge in [-0.05, 0) is 53.0 Å². The summed E-state index contributed by atoms with van der Waals surface area (Å²) in [5.41, 5.74) is 3.58. The van der Waals surface area contributed by atoms with Crippen LogP contribution in [0.4, 0.5) is 4.39 Å². The van der Waals surface area contributed by atoms with Crippen LogP contribution in [0.2, 0.25) is 0 Å². The Morgan fingerprint density at radius 2 is 1.84 bits per heavy atom. The summed E-state index contributed by atoms with van der Waals surface area (Å²) in [4.78, 5) is 0. The molecule has 0 aliphatic carbocycles. The van der Waals surface area contributed by atoms with Crippen molar-refractivity contribution in [2.45, 2.75) is 26.4 Å². The van der Waals surface area contributed by atoms with Crippen molar-refractivity contribution >= 4 is 15.9 Å². The minimum Gasteiger partial charge on any atom is -0.306 e. The topological polar surface area (TPSA) is 12.0 Å². The predicted molar refractivity (Wildman–Crippen MR) is 80.5 cm³/mol. The van der Waals surface area contributed by atoms with Gasteiger partial charge in [-0.2, -0.15) is 0 Å². The molecule has 0 radical (unpaired) electrons. The molecule has 3 heteroatoms. The van der Waals surface area contributed by atoms with E-state index in [2.05, 4.69) is 59.4 Å². The summed E-state index contributed by atoms with van der Waals surface area (Å²) in [6.07, 6.45) is 0. The van der Waals surface area contributed by atoms with Gasteiger partial charge in [-0.3, -0.25) is 0 Å². The Morgan fingerprint density at radius 1 is 1.16 bits per heavy atom. The molecule has 0 saturated carbocycles. The minimum atomic E-state index is -0.227. The van der Waals surface area contributed by atoms with E-state index in [-0.39, 0.29) is 11.9 Å². The zero-order valence-corrected chi connectivity index (χ0v) is 12.7. The first-order valence-electron chi connectivity index (χ1n) is 6.30. The van der Waals surface area contributed by atoms with Crippen LogP contribution >= 0.6 is 15.9 Å². The van der Waals surface area contributed by atoms with Gasteiger partial charge in [0, 0.05) is 12.6 Å². The van der Waals surface area contributed by atoms with E-state index in [1.165, 1.54) is 17.2 Å². The van der Waals surface area contributed by atoms with Crippen LogP contribution in [-0.2, 0) is 6.54 Å². The van der Waals surface area contributed by atoms with Crippen LogP contribution < -0.4 is 5.32 Å². The number of halogens is 2. The molecule has 0 unspecified atom stereocenters. The van der Waals surface area contributed by atoms with Crippen LogP contribution in [0.15, 0.2) is 46.9 Å². The van der Waals surface area contributed by atoms with Gasteiger partial charge in [-0.15, -0.1) is 0 Å². The minimum absolute atomic E-state index is 0.227. The third kappa shape index (κ3) is 3.88. The molecule has 2 rings (SSSR count). The molecule has 2 aromatic rings. The predicted octanol–water partition coefficient (Wildman–Crippen LogP) is 4.75. The van der Waals surface area contributed by atoms with Crippen molar-refractivity contribution in [3.05, 3.63) is 69.4 Å². The third-order valence-electron chi connectivity index (χ3n) is 3.17. The molecular weight excluding hydrogens is 305 g/mol. The second-order valence-corrected chi connectivity index (χ2v) is 5.62. The van der Waals surface area contributed by atoms with Gasteiger partial charge in [0.25, 0.3) is 0 Å². The van der Waals surface area contributed by atoms with Crippen molar-refractivity contribution in [1.82, 2.24) is 5.32 Å². The number of nitrogens with one attached hydrogen (secondary N) is 1. The smallest absolute Gasteiger partial charge is 0.137 e. The lowest BCUT2D eigenvalue weighted by atomic mass is 10.1. The second-order valence-electron chi connectivity index (χ2n) is 4.76. The highest BCUT2D eigenvalue weighted by Crippen LogP contribution is 2.18. The molecule has 0 saturated heterocycles. The van der Waals surface area contributed by atoms with Gasteiger partial charge >= 0.3 is 0 Å². The lowest BCUT2D eigenvalue weighted by Gasteiger charge is -2.14. The molecule has 0 fully saturated rings. The Morgan fingerprint density at radius 3 is 2.47 bits per heavy atom. The average Bonchev–Trinajstić information content (AvgIpc) is 2.40. The number of hydrogen-bond donors (Lipinski definition) is 1. The maximum Gasteiger partial charge on any atom is 0.137 e. The molecule has 1 atom stereocenters. The molecule has 0 spiro atoms. The lowest BCUT2D eigenvalue weighted by molar-refractivity contribution is 0.572. The highest BCUT2D eigenvalue weighted by atomic mass is 79.9. The normalized spacial score (nSPS) is 12.4. The Bertz CT molecular complexity index is 551. The Balaban J connectivity index is 1.98. The highest BCUT2D eigenvalue weighted by Gasteiger charge is 2.05. The molecule has 2 aromatic carbocycles. The first-order chi connectivity index (χ1) is 9.06. The average molecular weight is 322 g/mol. The molecule has 0 aliphatic rings. The van der Waals surface area contributed by atoms with Crippen molar-refractivity contribution in [2.75, 3.05) is 0 Å². The fourth-order valence-corrected chi connectivity index (χ4v) is 2.32. The van der Waals surface area contributed by atoms with Crippen LogP contribution in [0.3, 0.4) is 0 Å². The molecule has 0 aliphatic heterocycles. The summed E-state index contributed by atoms with van der Waals surface area (Å²) < 4.78 is 13.6. The molecular formula is C16H17BrFN. The largest absolute Gasteiger partial charge is 0.306 e. The number of rotatable bonds is 4. The summed E-state index contributed by atoms with van der Waals surface area (Å²) in [5, 5.41) is 3.44. The molecule has 0 heterocycles. The molecule has 0 aromatic heterocycles. The molecule has 19 heavy (non-hydrogen) atoms. The van der Waals surface area contributed by atoms with Crippen LogP contribution in [0.5, 0.6) is 0 Å². The van der Waals surface area contributed by atoms with Gasteiger partial charge in [0.05, 0.1) is 4.47 Å². The SMILES string of the molecule is Cc1ccc([C@@H](C)NCc2ccc(F)c(Br)c2)cc1. The number of hydrogen-bond acceptors (Lipinski definition) is 1. The molecule has 1 N–H and O–H groups in total. The highest BCUT2D eigenvalue weighted by molar-refractivity contribution is 9.10. The van der Waals surface area contributed by atoms with Crippen molar-refractivity contribution < 1.29 is 4.39 Å². The lowest BCUT2D eigenvalue weighted by Crippen LogP contribution is -2.18. The summed E-state index contributed by atoms with van der Waals surface area (Å²) in [6.45, 7) is 4.93. The van der Waals surface area contributed by atoms with Crippen LogP contribution in [0, 0.1) is 12.7 Å². The zero-order chi connectivity index (χ0) is 13.8. The van der Waals surface area contributed by atoms with Crippen molar-refractivity contribution in [3.63, 3.8) is 0 Å². The second kappa shape index (κ2) is 6.31. The van der Waals surface area contributed by atoms with Gasteiger partial charge in [-0.25, -0.2) is 4.39 Å². The Kier molecular flexibility index (Phi) is 4.72. The third-order valence-corrected chi connectivity index (χ3v) is 3.78. The first-order valence-corrected chi connectivity index (χ1v) is 7.09. The van der Waals surface area contributed by atoms with Crippen LogP contribution in [0.1, 0.15) is 29.7 Å². The van der Waals surface area contributed by atoms with E-state index in [4.69, 9.17) is 0 Å². The quantitative estimate of drug-likeness (QED) is 0.857.